The smallest absolute Gasteiger partial charge is 0.337 e. The van der Waals surface area contributed by atoms with E-state index in [0.29, 0.717) is 24.5 Å². The van der Waals surface area contributed by atoms with E-state index in [1.807, 2.05) is 66.7 Å². The number of aryl methyl sites for hydroxylation is 1. The number of methoxy groups -OCH3 is 2. The van der Waals surface area contributed by atoms with Gasteiger partial charge in [0.25, 0.3) is 0 Å². The summed E-state index contributed by atoms with van der Waals surface area (Å²) < 4.78 is 22.2. The minimum absolute atomic E-state index is 0.258. The lowest BCUT2D eigenvalue weighted by Gasteiger charge is -2.16. The van der Waals surface area contributed by atoms with Gasteiger partial charge in [0.1, 0.15) is 12.4 Å². The summed E-state index contributed by atoms with van der Waals surface area (Å²) in [5, 5.41) is 0. The fourth-order valence-electron chi connectivity index (χ4n) is 5.74. The Balaban J connectivity index is 1.16. The number of esters is 2. The number of pyridine rings is 1. The van der Waals surface area contributed by atoms with E-state index >= 15 is 0 Å². The van der Waals surface area contributed by atoms with Gasteiger partial charge in [-0.3, -0.25) is 4.79 Å². The van der Waals surface area contributed by atoms with Crippen molar-refractivity contribution in [3.05, 3.63) is 138 Å². The summed E-state index contributed by atoms with van der Waals surface area (Å²) in [6.45, 7) is 0.875. The van der Waals surface area contributed by atoms with E-state index in [-0.39, 0.29) is 25.0 Å². The molecule has 5 rings (SSSR count). The molecular weight excluding hydrogens is 614 g/mol. The number of unbranched alkanes of at least 4 members (excludes halogenated alkanes) is 3. The Morgan fingerprint density at radius 2 is 1.37 bits per heavy atom. The lowest BCUT2D eigenvalue weighted by atomic mass is 9.96. The van der Waals surface area contributed by atoms with Crippen LogP contribution in [0.4, 0.5) is 0 Å². The average Bonchev–Trinajstić information content (AvgIpc) is 3.16. The van der Waals surface area contributed by atoms with Crippen LogP contribution in [0.1, 0.15) is 59.2 Å². The van der Waals surface area contributed by atoms with Crippen molar-refractivity contribution in [1.82, 2.24) is 4.98 Å². The van der Waals surface area contributed by atoms with Crippen molar-refractivity contribution in [3.8, 4) is 34.0 Å². The summed E-state index contributed by atoms with van der Waals surface area (Å²) in [7, 11) is 2.77. The minimum atomic E-state index is -0.389. The second-order valence-electron chi connectivity index (χ2n) is 11.8. The predicted molar refractivity (Wildman–Crippen MR) is 192 cm³/mol. The molecule has 0 N–H and O–H groups in total. The van der Waals surface area contributed by atoms with Gasteiger partial charge in [-0.05, 0) is 77.8 Å². The van der Waals surface area contributed by atoms with Crippen molar-refractivity contribution in [2.75, 3.05) is 20.8 Å². The van der Waals surface area contributed by atoms with Gasteiger partial charge in [0, 0.05) is 18.1 Å². The molecule has 0 aliphatic carbocycles. The molecule has 7 heteroatoms. The number of nitrogens with zero attached hydrogens (tertiary/aromatic N) is 1. The van der Waals surface area contributed by atoms with Crippen LogP contribution in [0.2, 0.25) is 0 Å². The van der Waals surface area contributed by atoms with Crippen molar-refractivity contribution in [1.29, 1.82) is 0 Å². The Morgan fingerprint density at radius 1 is 0.633 bits per heavy atom. The van der Waals surface area contributed by atoms with Crippen LogP contribution in [0.5, 0.6) is 11.6 Å². The molecule has 0 bridgehead atoms. The highest BCUT2D eigenvalue weighted by Crippen LogP contribution is 2.30. The van der Waals surface area contributed by atoms with Crippen molar-refractivity contribution in [2.24, 2.45) is 0 Å². The number of benzene rings is 4. The number of ether oxygens (including phenoxy) is 4. The van der Waals surface area contributed by atoms with E-state index in [9.17, 15) is 9.59 Å². The SMILES string of the molecule is COC(=O)CCc1c(CCCCCCOc2cc(-c3ccccc3)cc(-c3ccccc3)n2)cccc1OCc1cccc(C(=O)OC)c1. The normalized spacial score (nSPS) is 10.7. The van der Waals surface area contributed by atoms with Crippen LogP contribution in [0.15, 0.2) is 115 Å². The van der Waals surface area contributed by atoms with E-state index < -0.39 is 0 Å². The first-order valence-electron chi connectivity index (χ1n) is 16.8. The Bertz CT molecular complexity index is 1750. The maximum atomic E-state index is 12.0. The first-order valence-corrected chi connectivity index (χ1v) is 16.8. The molecule has 49 heavy (non-hydrogen) atoms. The van der Waals surface area contributed by atoms with E-state index in [0.717, 1.165) is 76.9 Å². The maximum absolute atomic E-state index is 12.0. The van der Waals surface area contributed by atoms with Gasteiger partial charge in [0.2, 0.25) is 5.88 Å². The quantitative estimate of drug-likeness (QED) is 0.0729. The topological polar surface area (TPSA) is 84.0 Å². The highest BCUT2D eigenvalue weighted by molar-refractivity contribution is 5.89. The molecule has 0 amide bonds. The monoisotopic (exact) mass is 657 g/mol. The largest absolute Gasteiger partial charge is 0.489 e. The summed E-state index contributed by atoms with van der Waals surface area (Å²) in [5.41, 5.74) is 7.65. The third-order valence-corrected chi connectivity index (χ3v) is 8.35. The Hall–Kier alpha value is -5.43. The van der Waals surface area contributed by atoms with Crippen molar-refractivity contribution in [2.45, 2.75) is 51.6 Å². The molecular formula is C42H43NO6. The van der Waals surface area contributed by atoms with Crippen LogP contribution in [0.25, 0.3) is 22.4 Å². The van der Waals surface area contributed by atoms with E-state index in [4.69, 9.17) is 23.9 Å². The average molecular weight is 658 g/mol. The zero-order chi connectivity index (χ0) is 34.3. The molecule has 0 saturated heterocycles. The molecule has 5 aromatic rings. The molecule has 0 atom stereocenters. The zero-order valence-corrected chi connectivity index (χ0v) is 28.2. The van der Waals surface area contributed by atoms with Gasteiger partial charge in [0.15, 0.2) is 0 Å². The number of hydrogen-bond donors (Lipinski definition) is 0. The molecule has 252 valence electrons. The summed E-state index contributed by atoms with van der Waals surface area (Å²) in [6.07, 6.45) is 5.63. The van der Waals surface area contributed by atoms with Gasteiger partial charge < -0.3 is 18.9 Å². The van der Waals surface area contributed by atoms with Crippen LogP contribution in [0.3, 0.4) is 0 Å². The standard InChI is InChI=1S/C42H43NO6/c1-46-41(44)25-24-37-33(21-14-23-39(37)49-30-31-15-13-22-35(27-31)42(45)47-2)18-7-3-4-12-26-48-40-29-36(32-16-8-5-9-17-32)28-38(43-40)34-19-10-6-11-20-34/h5-6,8-11,13-17,19-23,27-29H,3-4,7,12,18,24-26,30H2,1-2H3. The second-order valence-corrected chi connectivity index (χ2v) is 11.8. The Morgan fingerprint density at radius 3 is 2.12 bits per heavy atom. The number of aromatic nitrogens is 1. The Kier molecular flexibility index (Phi) is 13.0. The van der Waals surface area contributed by atoms with Gasteiger partial charge in [-0.2, -0.15) is 0 Å². The fourth-order valence-corrected chi connectivity index (χ4v) is 5.74. The van der Waals surface area contributed by atoms with Crippen LogP contribution in [-0.4, -0.2) is 37.7 Å². The molecule has 0 radical (unpaired) electrons. The highest BCUT2D eigenvalue weighted by atomic mass is 16.5. The van der Waals surface area contributed by atoms with E-state index in [1.54, 1.807) is 12.1 Å². The molecule has 7 nitrogen and oxygen atoms in total. The van der Waals surface area contributed by atoms with Crippen LogP contribution in [-0.2, 0) is 33.7 Å². The third-order valence-electron chi connectivity index (χ3n) is 8.35. The van der Waals surface area contributed by atoms with Gasteiger partial charge in [-0.25, -0.2) is 9.78 Å². The highest BCUT2D eigenvalue weighted by Gasteiger charge is 2.14. The number of hydrogen-bond acceptors (Lipinski definition) is 7. The first-order chi connectivity index (χ1) is 24.0. The molecule has 0 aliphatic rings. The molecule has 0 fully saturated rings. The molecule has 0 unspecified atom stereocenters. The predicted octanol–water partition coefficient (Wildman–Crippen LogP) is 9.07. The van der Waals surface area contributed by atoms with Crippen LogP contribution >= 0.6 is 0 Å². The Labute approximate surface area is 288 Å². The minimum Gasteiger partial charge on any atom is -0.489 e. The van der Waals surface area contributed by atoms with Crippen molar-refractivity contribution >= 4 is 11.9 Å². The van der Waals surface area contributed by atoms with Crippen LogP contribution in [0, 0.1) is 0 Å². The number of carbonyl (C=O) groups excluding carboxylic acids is 2. The van der Waals surface area contributed by atoms with Crippen molar-refractivity contribution in [3.63, 3.8) is 0 Å². The molecule has 1 heterocycles. The maximum Gasteiger partial charge on any atom is 0.337 e. The number of carbonyl (C=O) groups is 2. The molecule has 0 spiro atoms. The number of rotatable bonds is 17. The first kappa shape index (κ1) is 34.9. The van der Waals surface area contributed by atoms with Crippen LogP contribution < -0.4 is 9.47 Å². The lowest BCUT2D eigenvalue weighted by Crippen LogP contribution is -2.07. The molecule has 1 aromatic heterocycles. The lowest BCUT2D eigenvalue weighted by molar-refractivity contribution is -0.140. The van der Waals surface area contributed by atoms with Gasteiger partial charge in [-0.1, -0.05) is 97.8 Å². The summed E-state index contributed by atoms with van der Waals surface area (Å²) in [4.78, 5) is 28.8. The molecule has 0 saturated carbocycles. The summed E-state index contributed by atoms with van der Waals surface area (Å²) in [6, 6.07) is 37.8. The van der Waals surface area contributed by atoms with Crippen molar-refractivity contribution < 1.29 is 28.5 Å². The second kappa shape index (κ2) is 18.2. The molecule has 0 aliphatic heterocycles. The fraction of sp³-hybridized carbons (Fsp3) is 0.262. The molecule has 4 aromatic carbocycles. The zero-order valence-electron chi connectivity index (χ0n) is 28.2. The van der Waals surface area contributed by atoms with Gasteiger partial charge >= 0.3 is 11.9 Å². The van der Waals surface area contributed by atoms with Gasteiger partial charge in [0.05, 0.1) is 32.1 Å². The van der Waals surface area contributed by atoms with E-state index in [1.165, 1.54) is 14.2 Å². The third kappa shape index (κ3) is 10.3. The van der Waals surface area contributed by atoms with E-state index in [2.05, 4.69) is 36.4 Å². The van der Waals surface area contributed by atoms with Gasteiger partial charge in [-0.15, -0.1) is 0 Å². The summed E-state index contributed by atoms with van der Waals surface area (Å²) >= 11 is 0. The summed E-state index contributed by atoms with van der Waals surface area (Å²) in [5.74, 6) is 0.717.